The van der Waals surface area contributed by atoms with Crippen LogP contribution in [0.25, 0.3) is 6.08 Å². The van der Waals surface area contributed by atoms with Crippen molar-refractivity contribution in [2.45, 2.75) is 6.61 Å². The van der Waals surface area contributed by atoms with E-state index in [0.717, 1.165) is 5.56 Å². The Kier molecular flexibility index (Phi) is 4.42. The van der Waals surface area contributed by atoms with E-state index in [4.69, 9.17) is 14.2 Å². The highest BCUT2D eigenvalue weighted by atomic mass is 16.7. The number of benzene rings is 2. The molecule has 0 aromatic heterocycles. The Hall–Kier alpha value is -3.35. The number of hydrogen-bond acceptors (Lipinski definition) is 6. The van der Waals surface area contributed by atoms with E-state index in [1.54, 1.807) is 36.4 Å². The summed E-state index contributed by atoms with van der Waals surface area (Å²) in [5, 5.41) is 10.7. The molecule has 1 aliphatic rings. The molecule has 0 aliphatic carbocycles. The van der Waals surface area contributed by atoms with Crippen LogP contribution in [0.4, 0.5) is 5.69 Å². The Morgan fingerprint density at radius 2 is 2.04 bits per heavy atom. The second-order valence-electron chi connectivity index (χ2n) is 4.98. The van der Waals surface area contributed by atoms with Crippen molar-refractivity contribution in [1.82, 2.24) is 0 Å². The lowest BCUT2D eigenvalue weighted by Crippen LogP contribution is -2.01. The van der Waals surface area contributed by atoms with Crippen LogP contribution in [0.5, 0.6) is 11.5 Å². The van der Waals surface area contributed by atoms with E-state index in [9.17, 15) is 14.9 Å². The monoisotopic (exact) mass is 327 g/mol. The van der Waals surface area contributed by atoms with Crippen molar-refractivity contribution in [3.8, 4) is 11.5 Å². The van der Waals surface area contributed by atoms with Crippen molar-refractivity contribution in [3.63, 3.8) is 0 Å². The van der Waals surface area contributed by atoms with E-state index in [2.05, 4.69) is 0 Å². The first-order valence-corrected chi connectivity index (χ1v) is 7.09. The number of esters is 1. The zero-order chi connectivity index (χ0) is 16.9. The van der Waals surface area contributed by atoms with E-state index < -0.39 is 10.9 Å². The van der Waals surface area contributed by atoms with Crippen LogP contribution in [0.15, 0.2) is 48.5 Å². The molecule has 122 valence electrons. The number of nitro groups is 1. The number of carbonyl (C=O) groups excluding carboxylic acids is 1. The van der Waals surface area contributed by atoms with Gasteiger partial charge in [0.25, 0.3) is 5.69 Å². The van der Waals surface area contributed by atoms with Gasteiger partial charge < -0.3 is 14.2 Å². The largest absolute Gasteiger partial charge is 0.458 e. The SMILES string of the molecule is O=C(C=Cc1ccc2c(c1)OCO2)OCc1cccc([N+](=O)[O-])c1. The highest BCUT2D eigenvalue weighted by molar-refractivity contribution is 5.87. The number of rotatable bonds is 5. The minimum atomic E-state index is -0.542. The summed E-state index contributed by atoms with van der Waals surface area (Å²) in [6.07, 6.45) is 2.88. The Bertz CT molecular complexity index is 814. The topological polar surface area (TPSA) is 87.9 Å². The maximum Gasteiger partial charge on any atom is 0.331 e. The zero-order valence-corrected chi connectivity index (χ0v) is 12.5. The molecule has 0 amide bonds. The standard InChI is InChI=1S/C17H13NO6/c19-17(22-10-13-2-1-3-14(8-13)18(20)21)7-5-12-4-6-15-16(9-12)24-11-23-15/h1-9H,10-11H2. The van der Waals surface area contributed by atoms with Crippen molar-refractivity contribution < 1.29 is 23.9 Å². The van der Waals surface area contributed by atoms with Gasteiger partial charge in [-0.05, 0) is 29.3 Å². The van der Waals surface area contributed by atoms with Crippen LogP contribution in [0.3, 0.4) is 0 Å². The smallest absolute Gasteiger partial charge is 0.331 e. The fourth-order valence-corrected chi connectivity index (χ4v) is 2.14. The first kappa shape index (κ1) is 15.5. The molecule has 24 heavy (non-hydrogen) atoms. The van der Waals surface area contributed by atoms with Crippen LogP contribution in [0.2, 0.25) is 0 Å². The van der Waals surface area contributed by atoms with Crippen LogP contribution >= 0.6 is 0 Å². The lowest BCUT2D eigenvalue weighted by atomic mass is 10.2. The maximum atomic E-state index is 11.7. The highest BCUT2D eigenvalue weighted by Gasteiger charge is 2.12. The quantitative estimate of drug-likeness (QED) is 0.363. The van der Waals surface area contributed by atoms with Gasteiger partial charge in [0, 0.05) is 18.2 Å². The minimum Gasteiger partial charge on any atom is -0.458 e. The Balaban J connectivity index is 1.57. The molecule has 0 saturated carbocycles. The van der Waals surface area contributed by atoms with Gasteiger partial charge >= 0.3 is 5.97 Å². The predicted molar refractivity (Wildman–Crippen MR) is 84.5 cm³/mol. The van der Waals surface area contributed by atoms with E-state index in [1.165, 1.54) is 18.2 Å². The van der Waals surface area contributed by atoms with Gasteiger partial charge in [-0.2, -0.15) is 0 Å². The summed E-state index contributed by atoms with van der Waals surface area (Å²) in [7, 11) is 0. The molecular formula is C17H13NO6. The summed E-state index contributed by atoms with van der Waals surface area (Å²) in [6.45, 7) is 0.153. The van der Waals surface area contributed by atoms with Gasteiger partial charge in [0.15, 0.2) is 11.5 Å². The average Bonchev–Trinajstić information content (AvgIpc) is 3.06. The van der Waals surface area contributed by atoms with Crippen molar-refractivity contribution >= 4 is 17.7 Å². The Labute approximate surface area is 137 Å². The molecule has 2 aromatic carbocycles. The molecule has 1 aliphatic heterocycles. The predicted octanol–water partition coefficient (Wildman–Crippen LogP) is 3.08. The third-order valence-corrected chi connectivity index (χ3v) is 3.31. The van der Waals surface area contributed by atoms with E-state index >= 15 is 0 Å². The normalized spacial score (nSPS) is 12.3. The van der Waals surface area contributed by atoms with Gasteiger partial charge in [0.05, 0.1) is 4.92 Å². The molecular weight excluding hydrogens is 314 g/mol. The maximum absolute atomic E-state index is 11.7. The first-order chi connectivity index (χ1) is 11.6. The van der Waals surface area contributed by atoms with Crippen molar-refractivity contribution in [2.75, 3.05) is 6.79 Å². The van der Waals surface area contributed by atoms with Gasteiger partial charge in [-0.25, -0.2) is 4.79 Å². The number of hydrogen-bond donors (Lipinski definition) is 0. The Morgan fingerprint density at radius 3 is 2.88 bits per heavy atom. The van der Waals surface area contributed by atoms with E-state index in [0.29, 0.717) is 17.1 Å². The van der Waals surface area contributed by atoms with Crippen molar-refractivity contribution in [3.05, 3.63) is 69.8 Å². The Morgan fingerprint density at radius 1 is 1.21 bits per heavy atom. The first-order valence-electron chi connectivity index (χ1n) is 7.09. The molecule has 3 rings (SSSR count). The van der Waals surface area contributed by atoms with Crippen LogP contribution in [0.1, 0.15) is 11.1 Å². The van der Waals surface area contributed by atoms with E-state index in [-0.39, 0.29) is 19.1 Å². The van der Waals surface area contributed by atoms with Gasteiger partial charge in [0.2, 0.25) is 6.79 Å². The molecule has 0 saturated heterocycles. The van der Waals surface area contributed by atoms with Crippen LogP contribution in [-0.4, -0.2) is 17.7 Å². The number of nitro benzene ring substituents is 1. The molecule has 0 N–H and O–H groups in total. The molecule has 1 heterocycles. The van der Waals surface area contributed by atoms with Crippen LogP contribution in [-0.2, 0) is 16.1 Å². The van der Waals surface area contributed by atoms with Gasteiger partial charge in [-0.1, -0.05) is 18.2 Å². The third-order valence-electron chi connectivity index (χ3n) is 3.31. The second kappa shape index (κ2) is 6.82. The number of ether oxygens (including phenoxy) is 3. The average molecular weight is 327 g/mol. The molecule has 7 nitrogen and oxygen atoms in total. The van der Waals surface area contributed by atoms with Gasteiger partial charge in [-0.15, -0.1) is 0 Å². The zero-order valence-electron chi connectivity index (χ0n) is 12.5. The van der Waals surface area contributed by atoms with Crippen molar-refractivity contribution in [2.24, 2.45) is 0 Å². The van der Waals surface area contributed by atoms with E-state index in [1.807, 2.05) is 0 Å². The number of fused-ring (bicyclic) bond motifs is 1. The summed E-state index contributed by atoms with van der Waals surface area (Å²) in [6, 6.07) is 11.3. The van der Waals surface area contributed by atoms with Gasteiger partial charge in [0.1, 0.15) is 6.61 Å². The van der Waals surface area contributed by atoms with Gasteiger partial charge in [-0.3, -0.25) is 10.1 Å². The lowest BCUT2D eigenvalue weighted by Gasteiger charge is -2.02. The molecule has 0 bridgehead atoms. The fourth-order valence-electron chi connectivity index (χ4n) is 2.14. The van der Waals surface area contributed by atoms with Crippen LogP contribution < -0.4 is 9.47 Å². The summed E-state index contributed by atoms with van der Waals surface area (Å²) < 4.78 is 15.5. The molecule has 0 spiro atoms. The molecule has 0 atom stereocenters. The number of non-ortho nitro benzene ring substituents is 1. The summed E-state index contributed by atoms with van der Waals surface area (Å²) in [5.74, 6) is 0.752. The number of nitrogens with zero attached hydrogens (tertiary/aromatic N) is 1. The van der Waals surface area contributed by atoms with Crippen LogP contribution in [0, 0.1) is 10.1 Å². The second-order valence-corrected chi connectivity index (χ2v) is 4.98. The highest BCUT2D eigenvalue weighted by Crippen LogP contribution is 2.32. The molecule has 0 unspecified atom stereocenters. The summed E-state index contributed by atoms with van der Waals surface area (Å²) in [4.78, 5) is 21.9. The molecule has 0 fully saturated rings. The third kappa shape index (κ3) is 3.70. The molecule has 0 radical (unpaired) electrons. The fraction of sp³-hybridized carbons (Fsp3) is 0.118. The summed E-state index contributed by atoms with van der Waals surface area (Å²) >= 11 is 0. The number of carbonyl (C=O) groups is 1. The summed E-state index contributed by atoms with van der Waals surface area (Å²) in [5.41, 5.74) is 1.28. The lowest BCUT2D eigenvalue weighted by molar-refractivity contribution is -0.384. The molecule has 2 aromatic rings. The molecule has 7 heteroatoms. The van der Waals surface area contributed by atoms with Crippen molar-refractivity contribution in [1.29, 1.82) is 0 Å². The minimum absolute atomic E-state index is 0.0357.